The number of hydrogen-bond donors (Lipinski definition) is 0. The molecule has 5 aromatic rings. The zero-order valence-corrected chi connectivity index (χ0v) is 21.3. The zero-order chi connectivity index (χ0) is 23.8. The Bertz CT molecular complexity index is 1620. The second-order valence-corrected chi connectivity index (χ2v) is 9.02. The highest BCUT2D eigenvalue weighted by Crippen LogP contribution is 2.35. The molecule has 7 nitrogen and oxygen atoms in total. The minimum atomic E-state index is -0.309. The van der Waals surface area contributed by atoms with E-state index in [-0.39, 0.29) is 11.4 Å². The quantitative estimate of drug-likeness (QED) is 0.229. The monoisotopic (exact) mass is 581 g/mol. The first-order valence-electron chi connectivity index (χ1n) is 10.2. The summed E-state index contributed by atoms with van der Waals surface area (Å²) >= 11 is 6.98. The van der Waals surface area contributed by atoms with E-state index < -0.39 is 0 Å². The molecule has 3 aromatic carbocycles. The predicted molar refractivity (Wildman–Crippen MR) is 139 cm³/mol. The van der Waals surface area contributed by atoms with E-state index >= 15 is 0 Å². The van der Waals surface area contributed by atoms with Gasteiger partial charge >= 0.3 is 0 Å². The van der Waals surface area contributed by atoms with Gasteiger partial charge in [0.2, 0.25) is 5.82 Å². The van der Waals surface area contributed by atoms with E-state index in [2.05, 4.69) is 37.0 Å². The van der Waals surface area contributed by atoms with Gasteiger partial charge in [-0.05, 0) is 79.9 Å². The van der Waals surface area contributed by atoms with Gasteiger partial charge in [-0.1, -0.05) is 18.2 Å². The van der Waals surface area contributed by atoms with Crippen molar-refractivity contribution in [1.29, 1.82) is 0 Å². The van der Waals surface area contributed by atoms with Crippen molar-refractivity contribution in [1.82, 2.24) is 9.66 Å². The number of ether oxygens (including phenoxy) is 2. The van der Waals surface area contributed by atoms with Crippen molar-refractivity contribution in [2.24, 2.45) is 5.10 Å². The van der Waals surface area contributed by atoms with Gasteiger partial charge in [0.15, 0.2) is 5.76 Å². The number of aromatic nitrogens is 2. The Morgan fingerprint density at radius 1 is 0.971 bits per heavy atom. The van der Waals surface area contributed by atoms with Gasteiger partial charge in [-0.25, -0.2) is 4.98 Å². The van der Waals surface area contributed by atoms with Crippen molar-refractivity contribution in [3.8, 4) is 23.1 Å². The summed E-state index contributed by atoms with van der Waals surface area (Å²) in [5, 5.41) is 5.73. The molecule has 0 aliphatic heterocycles. The van der Waals surface area contributed by atoms with E-state index in [1.165, 1.54) is 4.68 Å². The van der Waals surface area contributed by atoms with Crippen molar-refractivity contribution in [2.45, 2.75) is 0 Å². The Hall–Kier alpha value is -3.43. The number of nitrogens with zero attached hydrogens (tertiary/aromatic N) is 3. The molecule has 0 aliphatic carbocycles. The topological polar surface area (TPSA) is 78.8 Å². The van der Waals surface area contributed by atoms with Crippen molar-refractivity contribution in [3.05, 3.63) is 85.5 Å². The van der Waals surface area contributed by atoms with Crippen LogP contribution in [0.1, 0.15) is 5.56 Å². The van der Waals surface area contributed by atoms with Crippen LogP contribution >= 0.6 is 31.9 Å². The smallest absolute Gasteiger partial charge is 0.282 e. The lowest BCUT2D eigenvalue weighted by molar-refractivity contribution is 0.409. The van der Waals surface area contributed by atoms with Crippen LogP contribution in [0.25, 0.3) is 33.5 Å². The molecule has 5 rings (SSSR count). The molecule has 0 aliphatic rings. The fourth-order valence-electron chi connectivity index (χ4n) is 3.69. The predicted octanol–water partition coefficient (Wildman–Crippen LogP) is 6.23. The van der Waals surface area contributed by atoms with Crippen LogP contribution in [-0.2, 0) is 0 Å². The van der Waals surface area contributed by atoms with E-state index in [1.54, 1.807) is 44.7 Å². The first kappa shape index (κ1) is 22.4. The van der Waals surface area contributed by atoms with Crippen molar-refractivity contribution in [3.63, 3.8) is 0 Å². The van der Waals surface area contributed by atoms with E-state index in [4.69, 9.17) is 18.9 Å². The molecular weight excluding hydrogens is 566 g/mol. The van der Waals surface area contributed by atoms with Gasteiger partial charge in [-0.2, -0.15) is 9.78 Å². The van der Waals surface area contributed by atoms with Crippen molar-refractivity contribution < 1.29 is 13.9 Å². The first-order chi connectivity index (χ1) is 16.5. The molecular formula is C25H17Br2N3O4. The second kappa shape index (κ2) is 9.08. The summed E-state index contributed by atoms with van der Waals surface area (Å²) in [7, 11) is 3.19. The third-order valence-corrected chi connectivity index (χ3v) is 6.44. The van der Waals surface area contributed by atoms with Gasteiger partial charge in [0, 0.05) is 0 Å². The fourth-order valence-corrected chi connectivity index (χ4v) is 5.23. The van der Waals surface area contributed by atoms with Crippen LogP contribution in [-0.4, -0.2) is 30.1 Å². The van der Waals surface area contributed by atoms with Crippen LogP contribution in [0.2, 0.25) is 0 Å². The number of furan rings is 1. The lowest BCUT2D eigenvalue weighted by atomic mass is 10.2. The lowest BCUT2D eigenvalue weighted by Gasteiger charge is -2.08. The summed E-state index contributed by atoms with van der Waals surface area (Å²) in [6, 6.07) is 18.2. The van der Waals surface area contributed by atoms with E-state index in [0.29, 0.717) is 33.7 Å². The van der Waals surface area contributed by atoms with Crippen LogP contribution < -0.4 is 15.0 Å². The molecule has 170 valence electrons. The molecule has 34 heavy (non-hydrogen) atoms. The van der Waals surface area contributed by atoms with Crippen LogP contribution in [0.15, 0.2) is 83.9 Å². The lowest BCUT2D eigenvalue weighted by Crippen LogP contribution is -2.20. The fraction of sp³-hybridized carbons (Fsp3) is 0.0800. The molecule has 9 heteroatoms. The Kier molecular flexibility index (Phi) is 5.97. The summed E-state index contributed by atoms with van der Waals surface area (Å²) in [5.41, 5.74) is 1.61. The number of para-hydroxylation sites is 1. The van der Waals surface area contributed by atoms with Crippen molar-refractivity contribution in [2.75, 3.05) is 14.2 Å². The number of hydrogen-bond acceptors (Lipinski definition) is 6. The normalized spacial score (nSPS) is 11.5. The number of rotatable bonds is 5. The highest BCUT2D eigenvalue weighted by atomic mass is 79.9. The Labute approximate surface area is 210 Å². The largest absolute Gasteiger partial charge is 0.496 e. The molecule has 0 N–H and O–H groups in total. The summed E-state index contributed by atoms with van der Waals surface area (Å²) in [4.78, 5) is 18.1. The number of halogens is 2. The van der Waals surface area contributed by atoms with Gasteiger partial charge < -0.3 is 13.9 Å². The zero-order valence-electron chi connectivity index (χ0n) is 18.1. The second-order valence-electron chi connectivity index (χ2n) is 7.31. The average molecular weight is 583 g/mol. The maximum Gasteiger partial charge on any atom is 0.282 e. The number of benzene rings is 3. The van der Waals surface area contributed by atoms with Crippen LogP contribution in [0, 0.1) is 0 Å². The van der Waals surface area contributed by atoms with Crippen molar-refractivity contribution >= 4 is 59.9 Å². The van der Waals surface area contributed by atoms with Gasteiger partial charge in [0.25, 0.3) is 5.56 Å². The maximum absolute atomic E-state index is 13.4. The van der Waals surface area contributed by atoms with Gasteiger partial charge in [0.1, 0.15) is 17.1 Å². The highest BCUT2D eigenvalue weighted by molar-refractivity contribution is 9.11. The van der Waals surface area contributed by atoms with Crippen LogP contribution in [0.5, 0.6) is 11.5 Å². The van der Waals surface area contributed by atoms with E-state index in [1.807, 2.05) is 36.4 Å². The minimum absolute atomic E-state index is 0.282. The molecule has 0 saturated heterocycles. The molecule has 0 radical (unpaired) electrons. The van der Waals surface area contributed by atoms with Crippen LogP contribution in [0.3, 0.4) is 0 Å². The SMILES string of the molecule is COc1c(Br)cc(C=Nn2c(-c3cc4c(OC)cccc4o3)nc3ccccc3c2=O)cc1Br. The summed E-state index contributed by atoms with van der Waals surface area (Å²) in [6.07, 6.45) is 1.58. The Morgan fingerprint density at radius 2 is 1.74 bits per heavy atom. The van der Waals surface area contributed by atoms with Crippen LogP contribution in [0.4, 0.5) is 0 Å². The third kappa shape index (κ3) is 3.91. The minimum Gasteiger partial charge on any atom is -0.496 e. The van der Waals surface area contributed by atoms with Gasteiger partial charge in [-0.15, -0.1) is 0 Å². The highest BCUT2D eigenvalue weighted by Gasteiger charge is 2.18. The molecule has 0 spiro atoms. The average Bonchev–Trinajstić information content (AvgIpc) is 3.27. The van der Waals surface area contributed by atoms with E-state index in [0.717, 1.165) is 19.9 Å². The molecule has 0 saturated carbocycles. The molecule has 0 amide bonds. The summed E-state index contributed by atoms with van der Waals surface area (Å²) < 4.78 is 19.6. The third-order valence-electron chi connectivity index (χ3n) is 5.26. The maximum atomic E-state index is 13.4. The number of methoxy groups -OCH3 is 2. The molecule has 0 bridgehead atoms. The summed E-state index contributed by atoms with van der Waals surface area (Å²) in [5.74, 6) is 2.01. The number of fused-ring (bicyclic) bond motifs is 2. The molecule has 0 unspecified atom stereocenters. The molecule has 0 atom stereocenters. The first-order valence-corrected chi connectivity index (χ1v) is 11.7. The standard InChI is InChI=1S/C25H17Br2N3O4/c1-32-20-8-5-9-21-16(20)12-22(34-21)24-29-19-7-4-3-6-15(19)25(31)30(24)28-13-14-10-17(26)23(33-2)18(27)11-14/h3-13H,1-2H3. The Morgan fingerprint density at radius 3 is 2.47 bits per heavy atom. The van der Waals surface area contributed by atoms with Gasteiger partial charge in [0.05, 0.1) is 45.7 Å². The van der Waals surface area contributed by atoms with Gasteiger partial charge in [-0.3, -0.25) is 4.79 Å². The molecule has 2 heterocycles. The molecule has 0 fully saturated rings. The molecule has 2 aromatic heterocycles. The Balaban J connectivity index is 1.72. The van der Waals surface area contributed by atoms with E-state index in [9.17, 15) is 4.79 Å². The summed E-state index contributed by atoms with van der Waals surface area (Å²) in [6.45, 7) is 0.